The molecule has 0 aromatic carbocycles. The molecule has 1 saturated heterocycles. The summed E-state index contributed by atoms with van der Waals surface area (Å²) in [6.07, 6.45) is -0.502. The quantitative estimate of drug-likeness (QED) is 0.682. The Morgan fingerprint density at radius 2 is 1.89 bits per heavy atom. The molecule has 1 heterocycles. The summed E-state index contributed by atoms with van der Waals surface area (Å²) in [6, 6.07) is 0. The molecule has 1 aliphatic rings. The van der Waals surface area contributed by atoms with Gasteiger partial charge in [0.05, 0.1) is 25.4 Å². The Bertz CT molecular complexity index is 267. The molecule has 1 fully saturated rings. The number of piperazine rings is 1. The van der Waals surface area contributed by atoms with Crippen molar-refractivity contribution in [3.05, 3.63) is 0 Å². The third kappa shape index (κ3) is 6.33. The number of carbonyl (C=O) groups is 1. The van der Waals surface area contributed by atoms with E-state index in [9.17, 15) is 9.90 Å². The number of amides is 1. The van der Waals surface area contributed by atoms with Crippen LogP contribution >= 0.6 is 0 Å². The van der Waals surface area contributed by atoms with Gasteiger partial charge >= 0.3 is 0 Å². The summed E-state index contributed by atoms with van der Waals surface area (Å²) in [6.45, 7) is 8.05. The smallest absolute Gasteiger partial charge is 0.219 e. The van der Waals surface area contributed by atoms with Crippen molar-refractivity contribution in [2.45, 2.75) is 26.1 Å². The lowest BCUT2D eigenvalue weighted by molar-refractivity contribution is -0.130. The minimum atomic E-state index is -0.497. The molecule has 2 unspecified atom stereocenters. The van der Waals surface area contributed by atoms with Gasteiger partial charge in [-0.15, -0.1) is 0 Å². The van der Waals surface area contributed by atoms with E-state index in [1.807, 2.05) is 11.8 Å². The number of aliphatic hydroxyl groups excluding tert-OH is 1. The monoisotopic (exact) mass is 274 g/mol. The zero-order valence-corrected chi connectivity index (χ0v) is 12.2. The van der Waals surface area contributed by atoms with E-state index in [2.05, 4.69) is 4.90 Å². The first kappa shape index (κ1) is 16.4. The number of hydrogen-bond donors (Lipinski definition) is 1. The molecule has 0 saturated carbocycles. The summed E-state index contributed by atoms with van der Waals surface area (Å²) in [4.78, 5) is 15.2. The molecule has 0 spiro atoms. The molecular formula is C13H26N2O4. The first-order chi connectivity index (χ1) is 9.02. The molecule has 6 heteroatoms. The maximum Gasteiger partial charge on any atom is 0.219 e. The van der Waals surface area contributed by atoms with Crippen molar-refractivity contribution in [1.29, 1.82) is 0 Å². The molecule has 19 heavy (non-hydrogen) atoms. The lowest BCUT2D eigenvalue weighted by atomic mass is 10.2. The Morgan fingerprint density at radius 1 is 1.26 bits per heavy atom. The van der Waals surface area contributed by atoms with Gasteiger partial charge in [0.25, 0.3) is 0 Å². The first-order valence-electron chi connectivity index (χ1n) is 6.79. The first-order valence-corrected chi connectivity index (χ1v) is 6.79. The molecule has 0 aliphatic carbocycles. The third-order valence-corrected chi connectivity index (χ3v) is 3.26. The van der Waals surface area contributed by atoms with Crippen molar-refractivity contribution in [3.8, 4) is 0 Å². The fourth-order valence-electron chi connectivity index (χ4n) is 2.15. The lowest BCUT2D eigenvalue weighted by Crippen LogP contribution is -2.50. The second-order valence-electron chi connectivity index (χ2n) is 5.06. The average Bonchev–Trinajstić information content (AvgIpc) is 2.37. The zero-order valence-electron chi connectivity index (χ0n) is 12.2. The second kappa shape index (κ2) is 8.47. The number of rotatable bonds is 7. The van der Waals surface area contributed by atoms with E-state index in [1.165, 1.54) is 0 Å². The predicted molar refractivity (Wildman–Crippen MR) is 72.0 cm³/mol. The van der Waals surface area contributed by atoms with Crippen LogP contribution in [0.1, 0.15) is 13.8 Å². The van der Waals surface area contributed by atoms with Gasteiger partial charge in [0, 0.05) is 46.8 Å². The third-order valence-electron chi connectivity index (χ3n) is 3.26. The molecule has 2 atom stereocenters. The molecule has 6 nitrogen and oxygen atoms in total. The van der Waals surface area contributed by atoms with Crippen LogP contribution < -0.4 is 0 Å². The van der Waals surface area contributed by atoms with Crippen LogP contribution in [0.15, 0.2) is 0 Å². The highest BCUT2D eigenvalue weighted by atomic mass is 16.5. The highest BCUT2D eigenvalue weighted by Gasteiger charge is 2.20. The van der Waals surface area contributed by atoms with Crippen molar-refractivity contribution >= 4 is 5.91 Å². The molecule has 112 valence electrons. The van der Waals surface area contributed by atoms with Gasteiger partial charge in [-0.1, -0.05) is 0 Å². The highest BCUT2D eigenvalue weighted by Crippen LogP contribution is 2.04. The molecule has 0 radical (unpaired) electrons. The molecule has 0 aromatic rings. The fraction of sp³-hybridized carbons (Fsp3) is 0.923. The van der Waals surface area contributed by atoms with Gasteiger partial charge in [0.2, 0.25) is 5.91 Å². The molecule has 1 aliphatic heterocycles. The number of ether oxygens (including phenoxy) is 2. The maximum atomic E-state index is 11.2. The summed E-state index contributed by atoms with van der Waals surface area (Å²) in [5.41, 5.74) is 0. The van der Waals surface area contributed by atoms with Crippen molar-refractivity contribution in [2.24, 2.45) is 0 Å². The second-order valence-corrected chi connectivity index (χ2v) is 5.06. The van der Waals surface area contributed by atoms with Gasteiger partial charge in [-0.2, -0.15) is 0 Å². The molecule has 0 bridgehead atoms. The summed E-state index contributed by atoms with van der Waals surface area (Å²) >= 11 is 0. The minimum Gasteiger partial charge on any atom is -0.389 e. The van der Waals surface area contributed by atoms with Crippen LogP contribution in [0.3, 0.4) is 0 Å². The SMILES string of the molecule is COCC(C)OCC(O)CN1CCN(C(C)=O)CC1. The van der Waals surface area contributed by atoms with E-state index in [1.54, 1.807) is 14.0 Å². The Morgan fingerprint density at radius 3 is 2.42 bits per heavy atom. The largest absolute Gasteiger partial charge is 0.389 e. The van der Waals surface area contributed by atoms with Crippen molar-refractivity contribution in [3.63, 3.8) is 0 Å². The van der Waals surface area contributed by atoms with Crippen molar-refractivity contribution in [2.75, 3.05) is 53.0 Å². The van der Waals surface area contributed by atoms with Crippen LogP contribution in [-0.4, -0.2) is 86.1 Å². The van der Waals surface area contributed by atoms with E-state index in [0.717, 1.165) is 26.2 Å². The van der Waals surface area contributed by atoms with Gasteiger partial charge in [-0.25, -0.2) is 0 Å². The lowest BCUT2D eigenvalue weighted by Gasteiger charge is -2.35. The molecule has 0 aromatic heterocycles. The fourth-order valence-corrected chi connectivity index (χ4v) is 2.15. The number of hydrogen-bond acceptors (Lipinski definition) is 5. The van der Waals surface area contributed by atoms with Crippen molar-refractivity contribution in [1.82, 2.24) is 9.80 Å². The average molecular weight is 274 g/mol. The normalized spacial score (nSPS) is 20.3. The van der Waals surface area contributed by atoms with Gasteiger partial charge in [0.15, 0.2) is 0 Å². The predicted octanol–water partition coefficient (Wildman–Crippen LogP) is -0.437. The number of β-amino-alcohol motifs (C(OH)–C–C–N with tert-alkyl or cyclic N) is 1. The Balaban J connectivity index is 2.16. The van der Waals surface area contributed by atoms with E-state index < -0.39 is 6.10 Å². The molecular weight excluding hydrogens is 248 g/mol. The summed E-state index contributed by atoms with van der Waals surface area (Å²) in [7, 11) is 1.63. The summed E-state index contributed by atoms with van der Waals surface area (Å²) in [5.74, 6) is 0.122. The van der Waals surface area contributed by atoms with Crippen molar-refractivity contribution < 1.29 is 19.4 Å². The summed E-state index contributed by atoms with van der Waals surface area (Å²) in [5, 5.41) is 9.91. The zero-order chi connectivity index (χ0) is 14.3. The van der Waals surface area contributed by atoms with E-state index >= 15 is 0 Å². The number of methoxy groups -OCH3 is 1. The number of aliphatic hydroxyl groups is 1. The van der Waals surface area contributed by atoms with E-state index in [0.29, 0.717) is 19.8 Å². The summed E-state index contributed by atoms with van der Waals surface area (Å²) < 4.78 is 10.4. The van der Waals surface area contributed by atoms with Crippen LogP contribution in [0.25, 0.3) is 0 Å². The minimum absolute atomic E-state index is 0.00536. The highest BCUT2D eigenvalue weighted by molar-refractivity contribution is 5.73. The Kier molecular flexibility index (Phi) is 7.30. The molecule has 1 rings (SSSR count). The topological polar surface area (TPSA) is 62.2 Å². The Labute approximate surface area is 115 Å². The van der Waals surface area contributed by atoms with E-state index in [-0.39, 0.29) is 12.0 Å². The van der Waals surface area contributed by atoms with Crippen LogP contribution in [0.4, 0.5) is 0 Å². The standard InChI is InChI=1S/C13H26N2O4/c1-11(9-18-3)19-10-13(17)8-14-4-6-15(7-5-14)12(2)16/h11,13,17H,4-10H2,1-3H3. The van der Waals surface area contributed by atoms with E-state index in [4.69, 9.17) is 9.47 Å². The number of carbonyl (C=O) groups excluding carboxylic acids is 1. The van der Waals surface area contributed by atoms with Crippen LogP contribution in [0, 0.1) is 0 Å². The van der Waals surface area contributed by atoms with Gasteiger partial charge in [0.1, 0.15) is 0 Å². The molecule has 1 N–H and O–H groups in total. The van der Waals surface area contributed by atoms with Gasteiger partial charge < -0.3 is 19.5 Å². The number of nitrogens with zero attached hydrogens (tertiary/aromatic N) is 2. The molecule has 1 amide bonds. The Hall–Kier alpha value is -0.690. The van der Waals surface area contributed by atoms with Crippen LogP contribution in [-0.2, 0) is 14.3 Å². The maximum absolute atomic E-state index is 11.2. The van der Waals surface area contributed by atoms with Crippen LogP contribution in [0.2, 0.25) is 0 Å². The van der Waals surface area contributed by atoms with Gasteiger partial charge in [-0.3, -0.25) is 9.69 Å². The van der Waals surface area contributed by atoms with Crippen LogP contribution in [0.5, 0.6) is 0 Å². The van der Waals surface area contributed by atoms with Gasteiger partial charge in [-0.05, 0) is 6.92 Å².